The number of oxime groups is 1. The first-order valence-corrected chi connectivity index (χ1v) is 4.92. The molecule has 0 aromatic carbocycles. The summed E-state index contributed by atoms with van der Waals surface area (Å²) in [5, 5.41) is 3.60. The predicted octanol–water partition coefficient (Wildman–Crippen LogP) is 1.36. The van der Waals surface area contributed by atoms with E-state index in [-0.39, 0.29) is 5.97 Å². The molecule has 1 atom stereocenters. The van der Waals surface area contributed by atoms with Gasteiger partial charge in [0.05, 0.1) is 12.8 Å². The van der Waals surface area contributed by atoms with Crippen molar-refractivity contribution in [2.45, 2.75) is 12.8 Å². The van der Waals surface area contributed by atoms with E-state index < -0.39 is 5.92 Å². The number of ether oxygens (including phenoxy) is 1. The van der Waals surface area contributed by atoms with Gasteiger partial charge in [0, 0.05) is 12.4 Å². The lowest BCUT2D eigenvalue weighted by Crippen LogP contribution is -2.17. The second kappa shape index (κ2) is 6.55. The topological polar surface area (TPSA) is 60.8 Å². The van der Waals surface area contributed by atoms with E-state index in [1.165, 1.54) is 13.3 Å². The fourth-order valence-electron chi connectivity index (χ4n) is 1.20. The van der Waals surface area contributed by atoms with E-state index in [0.717, 1.165) is 5.56 Å². The molecule has 0 amide bonds. The van der Waals surface area contributed by atoms with Gasteiger partial charge >= 0.3 is 5.97 Å². The molecule has 5 nitrogen and oxygen atoms in total. The number of esters is 1. The number of hydrogen-bond acceptors (Lipinski definition) is 5. The maximum Gasteiger partial charge on any atom is 0.319 e. The second-order valence-electron chi connectivity index (χ2n) is 2.95. The molecule has 5 heteroatoms. The maximum atomic E-state index is 11.7. The van der Waals surface area contributed by atoms with Crippen molar-refractivity contribution in [3.05, 3.63) is 30.1 Å². The van der Waals surface area contributed by atoms with Crippen molar-refractivity contribution in [2.24, 2.45) is 5.16 Å². The molecule has 1 unspecified atom stereocenters. The van der Waals surface area contributed by atoms with E-state index >= 15 is 0 Å². The molecule has 86 valence electrons. The highest BCUT2D eigenvalue weighted by atomic mass is 16.6. The minimum atomic E-state index is -0.575. The van der Waals surface area contributed by atoms with Crippen molar-refractivity contribution in [1.82, 2.24) is 4.98 Å². The average molecular weight is 222 g/mol. The van der Waals surface area contributed by atoms with Crippen LogP contribution in [-0.2, 0) is 14.4 Å². The number of nitrogens with zero attached hydrogens (tertiary/aromatic N) is 2. The Morgan fingerprint density at radius 2 is 2.50 bits per heavy atom. The van der Waals surface area contributed by atoms with Gasteiger partial charge < -0.3 is 9.57 Å². The van der Waals surface area contributed by atoms with Crippen LogP contribution in [0.15, 0.2) is 29.7 Å². The zero-order valence-electron chi connectivity index (χ0n) is 9.29. The lowest BCUT2D eigenvalue weighted by atomic mass is 10.0. The van der Waals surface area contributed by atoms with Crippen molar-refractivity contribution in [3.8, 4) is 0 Å². The van der Waals surface area contributed by atoms with Gasteiger partial charge in [0.25, 0.3) is 0 Å². The Kier molecular flexibility index (Phi) is 4.98. The van der Waals surface area contributed by atoms with Gasteiger partial charge in [-0.05, 0) is 18.6 Å². The first-order valence-electron chi connectivity index (χ1n) is 4.92. The molecule has 0 bridgehead atoms. The van der Waals surface area contributed by atoms with Gasteiger partial charge in [-0.25, -0.2) is 0 Å². The summed E-state index contributed by atoms with van der Waals surface area (Å²) < 4.78 is 4.94. The molecule has 1 aromatic heterocycles. The summed E-state index contributed by atoms with van der Waals surface area (Å²) in [6.07, 6.45) is 4.64. The third kappa shape index (κ3) is 3.34. The summed E-state index contributed by atoms with van der Waals surface area (Å²) in [7, 11) is 1.42. The summed E-state index contributed by atoms with van der Waals surface area (Å²) in [6, 6.07) is 3.54. The number of rotatable bonds is 5. The molecular formula is C11H14N2O3. The van der Waals surface area contributed by atoms with Crippen LogP contribution in [-0.4, -0.2) is 30.9 Å². The molecule has 0 aliphatic rings. The van der Waals surface area contributed by atoms with Crippen molar-refractivity contribution in [1.29, 1.82) is 0 Å². The molecule has 0 fully saturated rings. The van der Waals surface area contributed by atoms with Gasteiger partial charge in [-0.3, -0.25) is 9.78 Å². The predicted molar refractivity (Wildman–Crippen MR) is 59.1 cm³/mol. The van der Waals surface area contributed by atoms with Crippen LogP contribution in [0.5, 0.6) is 0 Å². The molecule has 0 aliphatic heterocycles. The zero-order chi connectivity index (χ0) is 11.8. The molecule has 0 saturated carbocycles. The van der Waals surface area contributed by atoms with E-state index in [9.17, 15) is 4.79 Å². The highest BCUT2D eigenvalue weighted by molar-refractivity contribution is 5.95. The number of pyridine rings is 1. The Labute approximate surface area is 94.1 Å². The van der Waals surface area contributed by atoms with Crippen molar-refractivity contribution < 1.29 is 14.4 Å². The van der Waals surface area contributed by atoms with Gasteiger partial charge in [-0.1, -0.05) is 11.2 Å². The number of hydrogen-bond donors (Lipinski definition) is 0. The molecule has 0 saturated heterocycles. The Hall–Kier alpha value is -1.91. The zero-order valence-corrected chi connectivity index (χ0v) is 9.29. The van der Waals surface area contributed by atoms with E-state index in [1.807, 2.05) is 0 Å². The van der Waals surface area contributed by atoms with Crippen LogP contribution in [0, 0.1) is 0 Å². The molecule has 16 heavy (non-hydrogen) atoms. The standard InChI is InChI=1S/C11H14N2O3/c1-3-16-11(14)10(8-13-15-2)9-5-4-6-12-7-9/h4-8,10H,3H2,1-2H3. The van der Waals surface area contributed by atoms with Crippen LogP contribution < -0.4 is 0 Å². The summed E-state index contributed by atoms with van der Waals surface area (Å²) in [6.45, 7) is 2.09. The van der Waals surface area contributed by atoms with Crippen LogP contribution >= 0.6 is 0 Å². The summed E-state index contributed by atoms with van der Waals surface area (Å²) in [4.78, 5) is 20.2. The van der Waals surface area contributed by atoms with Gasteiger partial charge in [-0.2, -0.15) is 0 Å². The largest absolute Gasteiger partial charge is 0.465 e. The molecule has 1 rings (SSSR count). The third-order valence-electron chi connectivity index (χ3n) is 1.90. The van der Waals surface area contributed by atoms with E-state index in [0.29, 0.717) is 6.61 Å². The van der Waals surface area contributed by atoms with Crippen LogP contribution in [0.3, 0.4) is 0 Å². The minimum absolute atomic E-state index is 0.330. The fraction of sp³-hybridized carbons (Fsp3) is 0.364. The lowest BCUT2D eigenvalue weighted by molar-refractivity contribution is -0.143. The first-order chi connectivity index (χ1) is 7.79. The minimum Gasteiger partial charge on any atom is -0.465 e. The normalized spacial score (nSPS) is 12.4. The molecule has 0 N–H and O–H groups in total. The van der Waals surface area contributed by atoms with Crippen molar-refractivity contribution in [2.75, 3.05) is 13.7 Å². The lowest BCUT2D eigenvalue weighted by Gasteiger charge is -2.10. The second-order valence-corrected chi connectivity index (χ2v) is 2.95. The van der Waals surface area contributed by atoms with Crippen LogP contribution in [0.1, 0.15) is 18.4 Å². The number of carbonyl (C=O) groups excluding carboxylic acids is 1. The Bertz CT molecular complexity index is 352. The van der Waals surface area contributed by atoms with Gasteiger partial charge in [0.15, 0.2) is 0 Å². The summed E-state index contributed by atoms with van der Waals surface area (Å²) >= 11 is 0. The van der Waals surface area contributed by atoms with E-state index in [1.54, 1.807) is 31.5 Å². The van der Waals surface area contributed by atoms with E-state index in [2.05, 4.69) is 15.0 Å². The van der Waals surface area contributed by atoms with Gasteiger partial charge in [0.2, 0.25) is 0 Å². The van der Waals surface area contributed by atoms with E-state index in [4.69, 9.17) is 4.74 Å². The van der Waals surface area contributed by atoms with Crippen molar-refractivity contribution >= 4 is 12.2 Å². The monoisotopic (exact) mass is 222 g/mol. The van der Waals surface area contributed by atoms with Gasteiger partial charge in [-0.15, -0.1) is 0 Å². The molecule has 1 aromatic rings. The quantitative estimate of drug-likeness (QED) is 0.429. The molecule has 0 spiro atoms. The van der Waals surface area contributed by atoms with Crippen LogP contribution in [0.4, 0.5) is 0 Å². The first kappa shape index (κ1) is 12.2. The Morgan fingerprint density at radius 3 is 3.06 bits per heavy atom. The SMILES string of the molecule is CCOC(=O)C(C=NOC)c1cccnc1. The van der Waals surface area contributed by atoms with Gasteiger partial charge in [0.1, 0.15) is 13.0 Å². The third-order valence-corrected chi connectivity index (χ3v) is 1.90. The molecule has 0 radical (unpaired) electrons. The Balaban J connectivity index is 2.87. The van der Waals surface area contributed by atoms with Crippen LogP contribution in [0.25, 0.3) is 0 Å². The highest BCUT2D eigenvalue weighted by Crippen LogP contribution is 2.14. The molecular weight excluding hydrogens is 208 g/mol. The molecule has 1 heterocycles. The molecule has 0 aliphatic carbocycles. The number of carbonyl (C=O) groups is 1. The number of aromatic nitrogens is 1. The van der Waals surface area contributed by atoms with Crippen molar-refractivity contribution in [3.63, 3.8) is 0 Å². The Morgan fingerprint density at radius 1 is 1.69 bits per heavy atom. The smallest absolute Gasteiger partial charge is 0.319 e. The average Bonchev–Trinajstić information content (AvgIpc) is 2.31. The fourth-order valence-corrected chi connectivity index (χ4v) is 1.20. The van der Waals surface area contributed by atoms with Crippen LogP contribution in [0.2, 0.25) is 0 Å². The highest BCUT2D eigenvalue weighted by Gasteiger charge is 2.20. The summed E-state index contributed by atoms with van der Waals surface area (Å²) in [5.74, 6) is -0.940. The maximum absolute atomic E-state index is 11.7. The summed E-state index contributed by atoms with van der Waals surface area (Å²) in [5.41, 5.74) is 0.724.